The summed E-state index contributed by atoms with van der Waals surface area (Å²) >= 11 is 0. The molecule has 0 unspecified atom stereocenters. The summed E-state index contributed by atoms with van der Waals surface area (Å²) in [4.78, 5) is 11.8. The Morgan fingerprint density at radius 1 is 1.27 bits per heavy atom. The quantitative estimate of drug-likeness (QED) is 0.354. The van der Waals surface area contributed by atoms with Crippen LogP contribution in [0.1, 0.15) is 37.6 Å². The van der Waals surface area contributed by atoms with E-state index in [9.17, 15) is 0 Å². The first-order valence-corrected chi connectivity index (χ1v) is 11.1. The molecule has 0 aromatic carbocycles. The molecule has 30 heavy (non-hydrogen) atoms. The monoisotopic (exact) mass is 413 g/mol. The van der Waals surface area contributed by atoms with Gasteiger partial charge in [0.15, 0.2) is 5.96 Å². The van der Waals surface area contributed by atoms with Crippen LogP contribution in [0.4, 0.5) is 5.82 Å². The average Bonchev–Trinajstić information content (AvgIpc) is 3.27. The molecule has 1 saturated heterocycles. The molecule has 7 heteroatoms. The molecule has 2 aromatic heterocycles. The van der Waals surface area contributed by atoms with Gasteiger partial charge in [0.1, 0.15) is 11.6 Å². The average molecular weight is 414 g/mol. The predicted octanol–water partition coefficient (Wildman–Crippen LogP) is 3.16. The van der Waals surface area contributed by atoms with E-state index in [-0.39, 0.29) is 0 Å². The minimum atomic E-state index is 0.410. The molecular formula is C23H35N5O2. The zero-order valence-electron chi connectivity index (χ0n) is 18.3. The zero-order chi connectivity index (χ0) is 21.0. The van der Waals surface area contributed by atoms with Crippen LogP contribution in [0.15, 0.2) is 46.0 Å². The number of hydrogen-bond acceptors (Lipinski definition) is 5. The van der Waals surface area contributed by atoms with Crippen LogP contribution in [0, 0.1) is 6.92 Å². The fraction of sp³-hybridized carbons (Fsp3) is 0.565. The van der Waals surface area contributed by atoms with Crippen molar-refractivity contribution in [2.75, 3.05) is 44.3 Å². The smallest absolute Gasteiger partial charge is 0.191 e. The number of nitrogens with zero attached hydrogens (tertiary/aromatic N) is 3. The van der Waals surface area contributed by atoms with Crippen molar-refractivity contribution < 1.29 is 9.15 Å². The highest BCUT2D eigenvalue weighted by Gasteiger charge is 2.21. The number of aliphatic imine (C=N–C) groups is 1. The van der Waals surface area contributed by atoms with Crippen molar-refractivity contribution in [2.45, 2.75) is 45.6 Å². The van der Waals surface area contributed by atoms with Gasteiger partial charge in [-0.3, -0.25) is 4.99 Å². The van der Waals surface area contributed by atoms with E-state index in [1.165, 1.54) is 0 Å². The number of anilines is 1. The van der Waals surface area contributed by atoms with Gasteiger partial charge in [0, 0.05) is 57.5 Å². The van der Waals surface area contributed by atoms with Crippen molar-refractivity contribution in [3.05, 3.63) is 48.0 Å². The summed E-state index contributed by atoms with van der Waals surface area (Å²) < 4.78 is 10.8. The van der Waals surface area contributed by atoms with Crippen LogP contribution in [0.25, 0.3) is 0 Å². The van der Waals surface area contributed by atoms with E-state index >= 15 is 0 Å². The first-order valence-electron chi connectivity index (χ1n) is 11.1. The number of guanidine groups is 1. The number of rotatable bonds is 10. The van der Waals surface area contributed by atoms with Crippen LogP contribution >= 0.6 is 0 Å². The number of aryl methyl sites for hydroxylation is 1. The maximum atomic E-state index is 5.42. The van der Waals surface area contributed by atoms with Gasteiger partial charge >= 0.3 is 0 Å². The van der Waals surface area contributed by atoms with Gasteiger partial charge in [0.2, 0.25) is 0 Å². The lowest BCUT2D eigenvalue weighted by Crippen LogP contribution is -2.49. The molecular weight excluding hydrogens is 378 g/mol. The molecule has 7 nitrogen and oxygen atoms in total. The molecule has 0 saturated carbocycles. The van der Waals surface area contributed by atoms with Gasteiger partial charge in [-0.2, -0.15) is 0 Å². The van der Waals surface area contributed by atoms with Crippen molar-refractivity contribution in [1.29, 1.82) is 0 Å². The maximum Gasteiger partial charge on any atom is 0.191 e. The number of pyridine rings is 1. The number of furan rings is 1. The highest BCUT2D eigenvalue weighted by molar-refractivity contribution is 5.80. The van der Waals surface area contributed by atoms with Crippen LogP contribution in [-0.4, -0.2) is 56.4 Å². The predicted molar refractivity (Wildman–Crippen MR) is 121 cm³/mol. The Bertz CT molecular complexity index is 755. The molecule has 0 bridgehead atoms. The Hall–Kier alpha value is -2.54. The van der Waals surface area contributed by atoms with E-state index in [1.54, 1.807) is 6.26 Å². The molecule has 3 rings (SSSR count). The van der Waals surface area contributed by atoms with E-state index in [0.717, 1.165) is 88.3 Å². The molecule has 164 valence electrons. The lowest BCUT2D eigenvalue weighted by Gasteiger charge is -2.34. The Labute approximate surface area is 179 Å². The number of nitrogens with one attached hydrogen (secondary N) is 2. The Kier molecular flexibility index (Phi) is 9.03. The lowest BCUT2D eigenvalue weighted by atomic mass is 10.1. The summed E-state index contributed by atoms with van der Waals surface area (Å²) in [5.74, 6) is 2.94. The molecule has 1 fully saturated rings. The summed E-state index contributed by atoms with van der Waals surface area (Å²) in [7, 11) is 0. The third kappa shape index (κ3) is 7.37. The van der Waals surface area contributed by atoms with Crippen LogP contribution in [0.3, 0.4) is 0 Å². The Morgan fingerprint density at radius 2 is 2.13 bits per heavy atom. The largest absolute Gasteiger partial charge is 0.469 e. The number of piperidine rings is 1. The van der Waals surface area contributed by atoms with Crippen molar-refractivity contribution in [3.8, 4) is 0 Å². The molecule has 1 aliphatic heterocycles. The number of ether oxygens (including phenoxy) is 1. The summed E-state index contributed by atoms with van der Waals surface area (Å²) in [6.07, 6.45) is 5.61. The van der Waals surface area contributed by atoms with Gasteiger partial charge in [-0.1, -0.05) is 6.07 Å². The van der Waals surface area contributed by atoms with E-state index < -0.39 is 0 Å². The summed E-state index contributed by atoms with van der Waals surface area (Å²) in [5, 5.41) is 7.09. The topological polar surface area (TPSA) is 74.9 Å². The Morgan fingerprint density at radius 3 is 2.87 bits per heavy atom. The number of hydrogen-bond donors (Lipinski definition) is 2. The van der Waals surface area contributed by atoms with E-state index in [2.05, 4.69) is 32.7 Å². The second kappa shape index (κ2) is 12.2. The van der Waals surface area contributed by atoms with Crippen molar-refractivity contribution in [2.24, 2.45) is 4.99 Å². The van der Waals surface area contributed by atoms with Crippen molar-refractivity contribution >= 4 is 11.8 Å². The Balaban J connectivity index is 1.48. The molecule has 2 N–H and O–H groups in total. The molecule has 0 radical (unpaired) electrons. The standard InChI is InChI=1S/C23H35N5O2/c1-3-29-17-6-13-24-23(25-14-10-21-8-5-18-30-21)27-20-11-15-28(16-12-20)22-9-4-7-19(2)26-22/h4-5,7-9,18,20H,3,6,10-17H2,1-2H3,(H2,24,25,27). The van der Waals surface area contributed by atoms with Crippen molar-refractivity contribution in [3.63, 3.8) is 0 Å². The molecule has 1 aliphatic rings. The van der Waals surface area contributed by atoms with Crippen LogP contribution in [-0.2, 0) is 11.2 Å². The fourth-order valence-electron chi connectivity index (χ4n) is 3.56. The summed E-state index contributed by atoms with van der Waals surface area (Å²) in [6.45, 7) is 9.10. The highest BCUT2D eigenvalue weighted by atomic mass is 16.5. The van der Waals surface area contributed by atoms with Gasteiger partial charge in [0.25, 0.3) is 0 Å². The minimum absolute atomic E-state index is 0.410. The summed E-state index contributed by atoms with van der Waals surface area (Å²) in [5.41, 5.74) is 1.06. The molecule has 0 spiro atoms. The normalized spacial score (nSPS) is 15.4. The van der Waals surface area contributed by atoms with Gasteiger partial charge in [-0.15, -0.1) is 0 Å². The minimum Gasteiger partial charge on any atom is -0.469 e. The van der Waals surface area contributed by atoms with Gasteiger partial charge in [-0.25, -0.2) is 4.98 Å². The van der Waals surface area contributed by atoms with Crippen molar-refractivity contribution in [1.82, 2.24) is 15.6 Å². The van der Waals surface area contributed by atoms with Crippen LogP contribution < -0.4 is 15.5 Å². The lowest BCUT2D eigenvalue weighted by molar-refractivity contribution is 0.146. The second-order valence-electron chi connectivity index (χ2n) is 7.58. The zero-order valence-corrected chi connectivity index (χ0v) is 18.3. The van der Waals surface area contributed by atoms with Gasteiger partial charge in [0.05, 0.1) is 6.26 Å². The second-order valence-corrected chi connectivity index (χ2v) is 7.58. The SMILES string of the molecule is CCOCCCN=C(NCCc1ccco1)NC1CCN(c2cccc(C)n2)CC1. The first kappa shape index (κ1) is 22.2. The molecule has 0 amide bonds. The van der Waals surface area contributed by atoms with E-state index in [4.69, 9.17) is 14.1 Å². The maximum absolute atomic E-state index is 5.42. The fourth-order valence-corrected chi connectivity index (χ4v) is 3.56. The molecule has 0 aliphatic carbocycles. The van der Waals surface area contributed by atoms with Gasteiger partial charge in [-0.05, 0) is 57.4 Å². The van der Waals surface area contributed by atoms with E-state index in [1.807, 2.05) is 32.0 Å². The molecule has 3 heterocycles. The van der Waals surface area contributed by atoms with Crippen LogP contribution in [0.5, 0.6) is 0 Å². The molecule has 2 aromatic rings. The third-order valence-electron chi connectivity index (χ3n) is 5.20. The first-order chi connectivity index (χ1) is 14.7. The highest BCUT2D eigenvalue weighted by Crippen LogP contribution is 2.18. The summed E-state index contributed by atoms with van der Waals surface area (Å²) in [6, 6.07) is 10.6. The van der Waals surface area contributed by atoms with E-state index in [0.29, 0.717) is 6.04 Å². The third-order valence-corrected chi connectivity index (χ3v) is 5.20. The molecule has 0 atom stereocenters. The number of aromatic nitrogens is 1. The van der Waals surface area contributed by atoms with Crippen LogP contribution in [0.2, 0.25) is 0 Å². The van der Waals surface area contributed by atoms with Gasteiger partial charge < -0.3 is 24.7 Å².